The van der Waals surface area contributed by atoms with Crippen LogP contribution in [0, 0.1) is 18.8 Å². The Kier molecular flexibility index (Phi) is 7.22. The molecule has 3 aliphatic heterocycles. The van der Waals surface area contributed by atoms with Gasteiger partial charge in [0.15, 0.2) is 9.84 Å². The van der Waals surface area contributed by atoms with E-state index in [1.54, 1.807) is 0 Å². The molecule has 3 atom stereocenters. The van der Waals surface area contributed by atoms with E-state index in [1.807, 2.05) is 59.2 Å². The molecule has 0 bridgehead atoms. The number of para-hydroxylation sites is 1. The standard InChI is InChI=1S/C27H33ClN4O4S/c1-18-6-7-19(12-23(18)28)25(13-26(29)33)31-14-20-16-32(17-21(20)15-31)27(34)22-4-2-3-5-24(22)30-8-10-37(35,36)11-9-30/h2-7,12,20-21,25H,8-11,13-17H2,1H3,(H2,29,33). The van der Waals surface area contributed by atoms with E-state index in [0.29, 0.717) is 48.6 Å². The highest BCUT2D eigenvalue weighted by Gasteiger charge is 2.44. The van der Waals surface area contributed by atoms with Crippen molar-refractivity contribution in [3.63, 3.8) is 0 Å². The van der Waals surface area contributed by atoms with E-state index in [9.17, 15) is 18.0 Å². The second-order valence-corrected chi connectivity index (χ2v) is 13.2. The predicted octanol–water partition coefficient (Wildman–Crippen LogP) is 2.50. The number of fused-ring (bicyclic) bond motifs is 1. The summed E-state index contributed by atoms with van der Waals surface area (Å²) in [7, 11) is -3.01. The smallest absolute Gasteiger partial charge is 0.255 e. The van der Waals surface area contributed by atoms with Crippen LogP contribution in [0.25, 0.3) is 0 Å². The molecule has 2 amide bonds. The van der Waals surface area contributed by atoms with Crippen LogP contribution in [0.2, 0.25) is 5.02 Å². The summed E-state index contributed by atoms with van der Waals surface area (Å²) in [5.74, 6) is 0.484. The molecule has 10 heteroatoms. The molecule has 8 nitrogen and oxygen atoms in total. The maximum Gasteiger partial charge on any atom is 0.255 e. The lowest BCUT2D eigenvalue weighted by molar-refractivity contribution is -0.119. The highest BCUT2D eigenvalue weighted by atomic mass is 35.5. The normalized spacial score (nSPS) is 24.2. The van der Waals surface area contributed by atoms with E-state index in [4.69, 9.17) is 17.3 Å². The van der Waals surface area contributed by atoms with E-state index >= 15 is 0 Å². The summed E-state index contributed by atoms with van der Waals surface area (Å²) in [6, 6.07) is 13.3. The third-order valence-corrected chi connectivity index (χ3v) is 10.1. The molecule has 37 heavy (non-hydrogen) atoms. The summed E-state index contributed by atoms with van der Waals surface area (Å²) in [6.07, 6.45) is 0.223. The van der Waals surface area contributed by atoms with Gasteiger partial charge in [-0.1, -0.05) is 35.9 Å². The first-order valence-corrected chi connectivity index (χ1v) is 14.9. The van der Waals surface area contributed by atoms with Gasteiger partial charge in [-0.3, -0.25) is 14.5 Å². The molecule has 2 aromatic carbocycles. The van der Waals surface area contributed by atoms with E-state index in [0.717, 1.165) is 29.9 Å². The largest absolute Gasteiger partial charge is 0.370 e. The molecule has 3 fully saturated rings. The Morgan fingerprint density at radius 1 is 1.03 bits per heavy atom. The number of benzene rings is 2. The average molecular weight is 545 g/mol. The van der Waals surface area contributed by atoms with Crippen LogP contribution in [0.5, 0.6) is 0 Å². The quantitative estimate of drug-likeness (QED) is 0.599. The molecule has 3 unspecified atom stereocenters. The molecular weight excluding hydrogens is 512 g/mol. The van der Waals surface area contributed by atoms with Gasteiger partial charge in [0.1, 0.15) is 0 Å². The first-order chi connectivity index (χ1) is 17.6. The number of carbonyl (C=O) groups excluding carboxylic acids is 2. The molecular formula is C27H33ClN4O4S. The molecule has 198 valence electrons. The summed E-state index contributed by atoms with van der Waals surface area (Å²) in [4.78, 5) is 31.8. The molecule has 5 rings (SSSR count). The van der Waals surface area contributed by atoms with Crippen molar-refractivity contribution in [1.29, 1.82) is 0 Å². The van der Waals surface area contributed by atoms with Gasteiger partial charge in [0.2, 0.25) is 5.91 Å². The van der Waals surface area contributed by atoms with Crippen molar-refractivity contribution in [1.82, 2.24) is 9.80 Å². The average Bonchev–Trinajstić information content (AvgIpc) is 3.43. The third-order valence-electron chi connectivity index (χ3n) is 8.04. The summed E-state index contributed by atoms with van der Waals surface area (Å²) in [5.41, 5.74) is 9.01. The number of nitrogens with two attached hydrogens (primary N) is 1. The number of hydrogen-bond donors (Lipinski definition) is 1. The van der Waals surface area contributed by atoms with E-state index < -0.39 is 9.84 Å². The number of carbonyl (C=O) groups is 2. The monoisotopic (exact) mass is 544 g/mol. The second-order valence-electron chi connectivity index (χ2n) is 10.5. The van der Waals surface area contributed by atoms with Gasteiger partial charge in [-0.05, 0) is 48.1 Å². The maximum atomic E-state index is 13.6. The van der Waals surface area contributed by atoms with Crippen LogP contribution in [0.3, 0.4) is 0 Å². The minimum Gasteiger partial charge on any atom is -0.370 e. The Morgan fingerprint density at radius 2 is 1.68 bits per heavy atom. The molecule has 3 saturated heterocycles. The van der Waals surface area contributed by atoms with E-state index in [-0.39, 0.29) is 35.8 Å². The first kappa shape index (κ1) is 26.0. The number of rotatable bonds is 6. The number of sulfone groups is 1. The lowest BCUT2D eigenvalue weighted by atomic mass is 10.0. The van der Waals surface area contributed by atoms with Crippen LogP contribution >= 0.6 is 11.6 Å². The number of amides is 2. The van der Waals surface area contributed by atoms with Crippen molar-refractivity contribution in [2.75, 3.05) is 55.7 Å². The number of halogens is 1. The van der Waals surface area contributed by atoms with Crippen LogP contribution in [0.1, 0.15) is 33.9 Å². The lowest BCUT2D eigenvalue weighted by Crippen LogP contribution is -2.41. The molecule has 0 aromatic heterocycles. The second kappa shape index (κ2) is 10.3. The molecule has 3 aliphatic rings. The number of hydrogen-bond acceptors (Lipinski definition) is 6. The molecule has 0 radical (unpaired) electrons. The fourth-order valence-electron chi connectivity index (χ4n) is 5.97. The molecule has 2 N–H and O–H groups in total. The summed E-state index contributed by atoms with van der Waals surface area (Å²) in [5, 5.41) is 0.674. The van der Waals surface area contributed by atoms with Crippen LogP contribution in [-0.4, -0.2) is 80.8 Å². The van der Waals surface area contributed by atoms with Gasteiger partial charge < -0.3 is 15.5 Å². The minimum absolute atomic E-state index is 0.0102. The van der Waals surface area contributed by atoms with Gasteiger partial charge in [-0.2, -0.15) is 0 Å². The minimum atomic E-state index is -3.01. The lowest BCUT2D eigenvalue weighted by Gasteiger charge is -2.32. The molecule has 0 aliphatic carbocycles. The Hall–Kier alpha value is -2.62. The van der Waals surface area contributed by atoms with Gasteiger partial charge in [-0.25, -0.2) is 8.42 Å². The number of nitrogens with zero attached hydrogens (tertiary/aromatic N) is 3. The molecule has 0 saturated carbocycles. The van der Waals surface area contributed by atoms with Crippen LogP contribution < -0.4 is 10.6 Å². The number of likely N-dealkylation sites (tertiary alicyclic amines) is 2. The maximum absolute atomic E-state index is 13.6. The van der Waals surface area contributed by atoms with Crippen LogP contribution in [0.15, 0.2) is 42.5 Å². The highest BCUT2D eigenvalue weighted by molar-refractivity contribution is 7.91. The molecule has 0 spiro atoms. The zero-order valence-corrected chi connectivity index (χ0v) is 22.5. The van der Waals surface area contributed by atoms with Gasteiger partial charge in [0.05, 0.1) is 17.1 Å². The van der Waals surface area contributed by atoms with Crippen molar-refractivity contribution in [2.24, 2.45) is 17.6 Å². The van der Waals surface area contributed by atoms with Gasteiger partial charge in [0.25, 0.3) is 5.91 Å². The summed E-state index contributed by atoms with van der Waals surface area (Å²) < 4.78 is 23.8. The van der Waals surface area contributed by atoms with Crippen molar-refractivity contribution in [3.8, 4) is 0 Å². The van der Waals surface area contributed by atoms with Crippen LogP contribution in [-0.2, 0) is 14.6 Å². The Labute approximate surface area is 223 Å². The summed E-state index contributed by atoms with van der Waals surface area (Å²) in [6.45, 7) is 5.62. The number of anilines is 1. The Bertz CT molecular complexity index is 1290. The SMILES string of the molecule is Cc1ccc(C(CC(N)=O)N2CC3CN(C(=O)c4ccccc4N4CCS(=O)(=O)CC4)CC3C2)cc1Cl. The Morgan fingerprint density at radius 3 is 2.30 bits per heavy atom. The third kappa shape index (κ3) is 5.49. The van der Waals surface area contributed by atoms with Gasteiger partial charge in [-0.15, -0.1) is 0 Å². The summed E-state index contributed by atoms with van der Waals surface area (Å²) >= 11 is 6.38. The number of primary amides is 1. The fourth-order valence-corrected chi connectivity index (χ4v) is 7.36. The molecule has 3 heterocycles. The van der Waals surface area contributed by atoms with Gasteiger partial charge in [0, 0.05) is 62.4 Å². The van der Waals surface area contributed by atoms with Crippen LogP contribution in [0.4, 0.5) is 5.69 Å². The van der Waals surface area contributed by atoms with Crippen molar-refractivity contribution in [3.05, 3.63) is 64.2 Å². The zero-order valence-electron chi connectivity index (χ0n) is 21.0. The molecule has 2 aromatic rings. The number of aryl methyl sites for hydroxylation is 1. The van der Waals surface area contributed by atoms with Crippen molar-refractivity contribution in [2.45, 2.75) is 19.4 Å². The predicted molar refractivity (Wildman–Crippen MR) is 145 cm³/mol. The van der Waals surface area contributed by atoms with E-state index in [1.165, 1.54) is 0 Å². The Balaban J connectivity index is 1.28. The topological polar surface area (TPSA) is 104 Å². The zero-order chi connectivity index (χ0) is 26.3. The van der Waals surface area contributed by atoms with Crippen molar-refractivity contribution >= 4 is 38.9 Å². The van der Waals surface area contributed by atoms with Gasteiger partial charge >= 0.3 is 0 Å². The highest BCUT2D eigenvalue weighted by Crippen LogP contribution is 2.39. The van der Waals surface area contributed by atoms with Crippen molar-refractivity contribution < 1.29 is 18.0 Å². The van der Waals surface area contributed by atoms with E-state index in [2.05, 4.69) is 4.90 Å². The first-order valence-electron chi connectivity index (χ1n) is 12.7. The fraction of sp³-hybridized carbons (Fsp3) is 0.481.